The molecule has 1 unspecified atom stereocenters. The highest BCUT2D eigenvalue weighted by atomic mass is 16.5. The molecule has 0 aliphatic heterocycles. The summed E-state index contributed by atoms with van der Waals surface area (Å²) in [6.45, 7) is 3.73. The van der Waals surface area contributed by atoms with Gasteiger partial charge in [-0.1, -0.05) is 62.4 Å². The van der Waals surface area contributed by atoms with Crippen LogP contribution >= 0.6 is 0 Å². The van der Waals surface area contributed by atoms with Gasteiger partial charge in [0.15, 0.2) is 0 Å². The number of carbonyl (C=O) groups is 3. The summed E-state index contributed by atoms with van der Waals surface area (Å²) in [6, 6.07) is 16.2. The first-order valence-corrected chi connectivity index (χ1v) is 11.0. The Hall–Kier alpha value is -3.39. The standard InChI is InChI=1S/C25H30N2O6/c1-25(2,23(31)27-14-16(28)13-22(29)30)11-12-26-24(32)33-15-21-19-9-5-3-7-17(19)18-8-4-6-10-20(18)21/h3-10,16,21,28H,11-15H2,1-2H3,(H,26,32)(H,27,31)(H,29,30). The van der Waals surface area contributed by atoms with Crippen molar-refractivity contribution in [2.45, 2.75) is 38.7 Å². The molecule has 0 aromatic heterocycles. The fraction of sp³-hybridized carbons (Fsp3) is 0.400. The number of nitrogens with one attached hydrogen (secondary N) is 2. The van der Waals surface area contributed by atoms with Crippen molar-refractivity contribution in [2.75, 3.05) is 19.7 Å². The number of aliphatic hydroxyl groups excluding tert-OH is 1. The minimum Gasteiger partial charge on any atom is -0.481 e. The highest BCUT2D eigenvalue weighted by Crippen LogP contribution is 2.44. The molecule has 0 saturated heterocycles. The van der Waals surface area contributed by atoms with Crippen LogP contribution < -0.4 is 10.6 Å². The zero-order valence-electron chi connectivity index (χ0n) is 18.8. The molecule has 0 spiro atoms. The van der Waals surface area contributed by atoms with Crippen LogP contribution in [-0.4, -0.2) is 54.0 Å². The smallest absolute Gasteiger partial charge is 0.407 e. The molecule has 0 saturated carbocycles. The maximum atomic E-state index is 12.4. The van der Waals surface area contributed by atoms with E-state index in [1.54, 1.807) is 13.8 Å². The van der Waals surface area contributed by atoms with Crippen LogP contribution in [0.25, 0.3) is 11.1 Å². The summed E-state index contributed by atoms with van der Waals surface area (Å²) >= 11 is 0. The van der Waals surface area contributed by atoms with Crippen molar-refractivity contribution in [3.8, 4) is 11.1 Å². The Labute approximate surface area is 193 Å². The lowest BCUT2D eigenvalue weighted by molar-refractivity contribution is -0.139. The van der Waals surface area contributed by atoms with Gasteiger partial charge >= 0.3 is 12.1 Å². The van der Waals surface area contributed by atoms with Gasteiger partial charge in [0.25, 0.3) is 0 Å². The number of carboxylic acid groups (broad SMARTS) is 1. The summed E-state index contributed by atoms with van der Waals surface area (Å²) in [5.74, 6) is -1.49. The predicted octanol–water partition coefficient (Wildman–Crippen LogP) is 2.89. The first-order chi connectivity index (χ1) is 15.7. The van der Waals surface area contributed by atoms with Crippen molar-refractivity contribution in [2.24, 2.45) is 5.41 Å². The van der Waals surface area contributed by atoms with Gasteiger partial charge in [-0.05, 0) is 28.7 Å². The third-order valence-electron chi connectivity index (χ3n) is 5.89. The Kier molecular flexibility index (Phi) is 7.71. The number of ether oxygens (including phenoxy) is 1. The number of aliphatic hydroxyl groups is 1. The molecule has 4 N–H and O–H groups in total. The molecule has 3 rings (SSSR count). The normalized spacial score (nSPS) is 13.5. The summed E-state index contributed by atoms with van der Waals surface area (Å²) in [5.41, 5.74) is 3.76. The van der Waals surface area contributed by atoms with Crippen molar-refractivity contribution >= 4 is 18.0 Å². The molecule has 0 radical (unpaired) electrons. The summed E-state index contributed by atoms with van der Waals surface area (Å²) < 4.78 is 5.49. The van der Waals surface area contributed by atoms with Gasteiger partial charge in [0, 0.05) is 24.4 Å². The number of rotatable bonds is 10. The molecule has 8 heteroatoms. The van der Waals surface area contributed by atoms with Crippen molar-refractivity contribution < 1.29 is 29.3 Å². The van der Waals surface area contributed by atoms with Gasteiger partial charge in [-0.25, -0.2) is 4.79 Å². The number of hydrogen-bond acceptors (Lipinski definition) is 5. The SMILES string of the molecule is CC(C)(CCNC(=O)OCC1c2ccccc2-c2ccccc21)C(=O)NCC(O)CC(=O)O. The van der Waals surface area contributed by atoms with Crippen LogP contribution in [0.15, 0.2) is 48.5 Å². The molecule has 2 aromatic carbocycles. The highest BCUT2D eigenvalue weighted by molar-refractivity contribution is 5.82. The van der Waals surface area contributed by atoms with Gasteiger partial charge < -0.3 is 25.6 Å². The number of alkyl carbamates (subject to hydrolysis) is 1. The van der Waals surface area contributed by atoms with E-state index in [0.717, 1.165) is 22.3 Å². The number of carboxylic acids is 1. The fourth-order valence-corrected chi connectivity index (χ4v) is 3.96. The predicted molar refractivity (Wildman–Crippen MR) is 123 cm³/mol. The van der Waals surface area contributed by atoms with Gasteiger partial charge in [0.1, 0.15) is 6.61 Å². The molecule has 33 heavy (non-hydrogen) atoms. The molecule has 176 valence electrons. The zero-order valence-corrected chi connectivity index (χ0v) is 18.8. The van der Waals surface area contributed by atoms with E-state index in [1.807, 2.05) is 24.3 Å². The van der Waals surface area contributed by atoms with Crippen molar-refractivity contribution in [1.82, 2.24) is 10.6 Å². The van der Waals surface area contributed by atoms with Crippen molar-refractivity contribution in [1.29, 1.82) is 0 Å². The maximum absolute atomic E-state index is 12.4. The number of hydrogen-bond donors (Lipinski definition) is 4. The number of aliphatic carboxylic acids is 1. The molecule has 1 aliphatic carbocycles. The molecule has 8 nitrogen and oxygen atoms in total. The second-order valence-electron chi connectivity index (χ2n) is 8.85. The molecule has 0 bridgehead atoms. The summed E-state index contributed by atoms with van der Waals surface area (Å²) in [7, 11) is 0. The largest absolute Gasteiger partial charge is 0.481 e. The summed E-state index contributed by atoms with van der Waals surface area (Å²) in [4.78, 5) is 35.2. The van der Waals surface area contributed by atoms with Crippen LogP contribution in [0.4, 0.5) is 4.79 Å². The average molecular weight is 455 g/mol. The van der Waals surface area contributed by atoms with Crippen molar-refractivity contribution in [3.05, 3.63) is 59.7 Å². The lowest BCUT2D eigenvalue weighted by Gasteiger charge is -2.24. The zero-order chi connectivity index (χ0) is 24.0. The first kappa shape index (κ1) is 24.3. The van der Waals surface area contributed by atoms with Crippen LogP contribution in [-0.2, 0) is 14.3 Å². The Bertz CT molecular complexity index is 974. The van der Waals surface area contributed by atoms with Crippen LogP contribution in [0, 0.1) is 5.41 Å². The minimum absolute atomic E-state index is 0.0254. The quantitative estimate of drug-likeness (QED) is 0.438. The van der Waals surface area contributed by atoms with Crippen LogP contribution in [0.2, 0.25) is 0 Å². The average Bonchev–Trinajstić information content (AvgIpc) is 3.09. The minimum atomic E-state index is -1.15. The van der Waals surface area contributed by atoms with E-state index in [2.05, 4.69) is 34.9 Å². The Morgan fingerprint density at radius 1 is 1.00 bits per heavy atom. The Morgan fingerprint density at radius 2 is 1.58 bits per heavy atom. The van der Waals surface area contributed by atoms with E-state index in [9.17, 15) is 19.5 Å². The van der Waals surface area contributed by atoms with E-state index in [0.29, 0.717) is 6.42 Å². The Balaban J connectivity index is 1.45. The second-order valence-corrected chi connectivity index (χ2v) is 8.85. The molecule has 1 atom stereocenters. The molecule has 1 aliphatic rings. The van der Waals surface area contributed by atoms with Crippen LogP contribution in [0.3, 0.4) is 0 Å². The maximum Gasteiger partial charge on any atom is 0.407 e. The van der Waals surface area contributed by atoms with Crippen LogP contribution in [0.5, 0.6) is 0 Å². The lowest BCUT2D eigenvalue weighted by Crippen LogP contribution is -2.42. The number of fused-ring (bicyclic) bond motifs is 3. The summed E-state index contributed by atoms with van der Waals surface area (Å²) in [5, 5.41) is 23.5. The lowest BCUT2D eigenvalue weighted by atomic mass is 9.88. The van der Waals surface area contributed by atoms with Gasteiger partial charge in [-0.15, -0.1) is 0 Å². The molecule has 2 aromatic rings. The van der Waals surface area contributed by atoms with Gasteiger partial charge in [0.2, 0.25) is 5.91 Å². The van der Waals surface area contributed by atoms with Gasteiger partial charge in [-0.3, -0.25) is 9.59 Å². The fourth-order valence-electron chi connectivity index (χ4n) is 3.96. The van der Waals surface area contributed by atoms with Gasteiger partial charge in [0.05, 0.1) is 12.5 Å². The molecular weight excluding hydrogens is 424 g/mol. The van der Waals surface area contributed by atoms with Crippen LogP contribution in [0.1, 0.15) is 43.7 Å². The number of carbonyl (C=O) groups excluding carboxylic acids is 2. The van der Waals surface area contributed by atoms with E-state index < -0.39 is 30.0 Å². The van der Waals surface area contributed by atoms with Crippen molar-refractivity contribution in [3.63, 3.8) is 0 Å². The van der Waals surface area contributed by atoms with E-state index in [1.165, 1.54) is 0 Å². The third-order valence-corrected chi connectivity index (χ3v) is 5.89. The molecule has 0 heterocycles. The highest BCUT2D eigenvalue weighted by Gasteiger charge is 2.30. The number of amides is 2. The topological polar surface area (TPSA) is 125 Å². The summed E-state index contributed by atoms with van der Waals surface area (Å²) in [6.07, 6.45) is -1.80. The van der Waals surface area contributed by atoms with E-state index in [4.69, 9.17) is 9.84 Å². The first-order valence-electron chi connectivity index (χ1n) is 11.0. The van der Waals surface area contributed by atoms with E-state index >= 15 is 0 Å². The van der Waals surface area contributed by atoms with Gasteiger partial charge in [-0.2, -0.15) is 0 Å². The van der Waals surface area contributed by atoms with E-state index in [-0.39, 0.29) is 31.5 Å². The third kappa shape index (κ3) is 6.10. The second kappa shape index (κ2) is 10.5. The molecule has 2 amide bonds. The monoisotopic (exact) mass is 454 g/mol. The number of benzene rings is 2. The molecule has 0 fully saturated rings. The molecular formula is C25H30N2O6. The Morgan fingerprint density at radius 3 is 2.15 bits per heavy atom.